The molecule has 3 nitrogen and oxygen atoms in total. The number of hydrogen-bond acceptors (Lipinski definition) is 3. The van der Waals surface area contributed by atoms with Gasteiger partial charge < -0.3 is 9.84 Å². The third kappa shape index (κ3) is 7.54. The Morgan fingerprint density at radius 2 is 2.00 bits per heavy atom. The summed E-state index contributed by atoms with van der Waals surface area (Å²) in [6, 6.07) is 0. The Labute approximate surface area is 73.7 Å². The van der Waals surface area contributed by atoms with Gasteiger partial charge in [0.1, 0.15) is 0 Å². The number of aliphatic hydroxyl groups excluding tert-OH is 1. The van der Waals surface area contributed by atoms with Gasteiger partial charge in [0, 0.05) is 12.8 Å². The molecule has 0 aliphatic rings. The molecule has 0 amide bonds. The molecule has 0 aromatic rings. The van der Waals surface area contributed by atoms with Gasteiger partial charge in [0.15, 0.2) is 0 Å². The Hall–Kier alpha value is -0.570. The van der Waals surface area contributed by atoms with Crippen molar-refractivity contribution in [3.8, 4) is 0 Å². The summed E-state index contributed by atoms with van der Waals surface area (Å²) < 4.78 is 4.86. The largest absolute Gasteiger partial charge is 0.466 e. The summed E-state index contributed by atoms with van der Waals surface area (Å²) in [7, 11) is 0. The maximum absolute atomic E-state index is 10.9. The molecular formula is C9H18O3. The van der Waals surface area contributed by atoms with Crippen molar-refractivity contribution in [1.82, 2.24) is 0 Å². The van der Waals surface area contributed by atoms with E-state index >= 15 is 0 Å². The van der Waals surface area contributed by atoms with Crippen LogP contribution in [0, 0.1) is 5.92 Å². The minimum absolute atomic E-state index is 0.175. The second kappa shape index (κ2) is 6.00. The summed E-state index contributed by atoms with van der Waals surface area (Å²) in [5.74, 6) is 0.162. The lowest BCUT2D eigenvalue weighted by molar-refractivity contribution is -0.145. The highest BCUT2D eigenvalue weighted by molar-refractivity contribution is 5.69. The third-order valence-electron chi connectivity index (χ3n) is 1.37. The van der Waals surface area contributed by atoms with E-state index in [4.69, 9.17) is 9.84 Å². The molecule has 0 bridgehead atoms. The SMILES string of the molecule is CC(C)CC(=O)OCCC(C)O. The molecule has 1 unspecified atom stereocenters. The fourth-order valence-electron chi connectivity index (χ4n) is 0.736. The molecule has 0 heterocycles. The molecule has 0 saturated carbocycles. The van der Waals surface area contributed by atoms with Crippen molar-refractivity contribution in [2.45, 2.75) is 39.7 Å². The zero-order valence-electron chi connectivity index (χ0n) is 8.04. The van der Waals surface area contributed by atoms with Crippen molar-refractivity contribution in [2.75, 3.05) is 6.61 Å². The lowest BCUT2D eigenvalue weighted by Gasteiger charge is -2.07. The van der Waals surface area contributed by atoms with Gasteiger partial charge in [-0.1, -0.05) is 13.8 Å². The van der Waals surface area contributed by atoms with Crippen LogP contribution in [0.2, 0.25) is 0 Å². The fraction of sp³-hybridized carbons (Fsp3) is 0.889. The average molecular weight is 174 g/mol. The normalized spacial score (nSPS) is 13.1. The second-order valence-electron chi connectivity index (χ2n) is 3.46. The van der Waals surface area contributed by atoms with Crippen LogP contribution in [-0.4, -0.2) is 23.8 Å². The molecule has 0 aliphatic heterocycles. The zero-order valence-corrected chi connectivity index (χ0v) is 8.04. The van der Waals surface area contributed by atoms with Crippen molar-refractivity contribution in [2.24, 2.45) is 5.92 Å². The first kappa shape index (κ1) is 11.4. The zero-order chi connectivity index (χ0) is 9.56. The minimum Gasteiger partial charge on any atom is -0.466 e. The molecule has 0 spiro atoms. The molecule has 0 aliphatic carbocycles. The third-order valence-corrected chi connectivity index (χ3v) is 1.37. The molecule has 0 fully saturated rings. The molecule has 0 aromatic carbocycles. The number of esters is 1. The van der Waals surface area contributed by atoms with Crippen LogP contribution < -0.4 is 0 Å². The first-order chi connectivity index (χ1) is 5.52. The molecule has 0 radical (unpaired) electrons. The van der Waals surface area contributed by atoms with Crippen LogP contribution in [0.15, 0.2) is 0 Å². The van der Waals surface area contributed by atoms with Gasteiger partial charge in [0.25, 0.3) is 0 Å². The van der Waals surface area contributed by atoms with Gasteiger partial charge in [-0.15, -0.1) is 0 Å². The number of hydrogen-bond donors (Lipinski definition) is 1. The van der Waals surface area contributed by atoms with Gasteiger partial charge in [0.2, 0.25) is 0 Å². The van der Waals surface area contributed by atoms with Crippen molar-refractivity contribution >= 4 is 5.97 Å². The van der Waals surface area contributed by atoms with Gasteiger partial charge >= 0.3 is 5.97 Å². The molecule has 1 N–H and O–H groups in total. The predicted molar refractivity (Wildman–Crippen MR) is 46.7 cm³/mol. The van der Waals surface area contributed by atoms with Gasteiger partial charge in [-0.25, -0.2) is 0 Å². The predicted octanol–water partition coefficient (Wildman–Crippen LogP) is 1.35. The van der Waals surface area contributed by atoms with Gasteiger partial charge in [-0.2, -0.15) is 0 Å². The first-order valence-electron chi connectivity index (χ1n) is 4.36. The summed E-state index contributed by atoms with van der Waals surface area (Å²) in [6.07, 6.45) is 0.584. The molecule has 1 atom stereocenters. The van der Waals surface area contributed by atoms with Crippen LogP contribution in [0.25, 0.3) is 0 Å². The van der Waals surface area contributed by atoms with Gasteiger partial charge in [0.05, 0.1) is 12.7 Å². The molecular weight excluding hydrogens is 156 g/mol. The van der Waals surface area contributed by atoms with Crippen molar-refractivity contribution in [3.63, 3.8) is 0 Å². The summed E-state index contributed by atoms with van der Waals surface area (Å²) in [5.41, 5.74) is 0. The molecule has 12 heavy (non-hydrogen) atoms. The lowest BCUT2D eigenvalue weighted by Crippen LogP contribution is -2.12. The maximum atomic E-state index is 10.9. The summed E-state index contributed by atoms with van der Waals surface area (Å²) in [5, 5.41) is 8.86. The standard InChI is InChI=1S/C9H18O3/c1-7(2)6-9(11)12-5-4-8(3)10/h7-8,10H,4-6H2,1-3H3. The smallest absolute Gasteiger partial charge is 0.306 e. The van der Waals surface area contributed by atoms with E-state index in [1.807, 2.05) is 13.8 Å². The first-order valence-corrected chi connectivity index (χ1v) is 4.36. The van der Waals surface area contributed by atoms with Crippen LogP contribution in [0.1, 0.15) is 33.6 Å². The monoisotopic (exact) mass is 174 g/mol. The number of carbonyl (C=O) groups is 1. The van der Waals surface area contributed by atoms with Gasteiger partial charge in [-0.3, -0.25) is 4.79 Å². The quantitative estimate of drug-likeness (QED) is 0.640. The summed E-state index contributed by atoms with van der Waals surface area (Å²) in [4.78, 5) is 10.9. The van der Waals surface area contributed by atoms with Crippen LogP contribution >= 0.6 is 0 Å². The Morgan fingerprint density at radius 3 is 2.42 bits per heavy atom. The minimum atomic E-state index is -0.392. The fourth-order valence-corrected chi connectivity index (χ4v) is 0.736. The van der Waals surface area contributed by atoms with Crippen molar-refractivity contribution in [1.29, 1.82) is 0 Å². The van der Waals surface area contributed by atoms with E-state index in [0.29, 0.717) is 25.4 Å². The lowest BCUT2D eigenvalue weighted by atomic mass is 10.1. The van der Waals surface area contributed by atoms with Crippen LogP contribution in [-0.2, 0) is 9.53 Å². The molecule has 0 saturated heterocycles. The van der Waals surface area contributed by atoms with Crippen LogP contribution in [0.5, 0.6) is 0 Å². The topological polar surface area (TPSA) is 46.5 Å². The molecule has 72 valence electrons. The Kier molecular flexibility index (Phi) is 5.72. The van der Waals surface area contributed by atoms with Crippen LogP contribution in [0.3, 0.4) is 0 Å². The average Bonchev–Trinajstić information content (AvgIpc) is 1.84. The summed E-state index contributed by atoms with van der Waals surface area (Å²) >= 11 is 0. The summed E-state index contributed by atoms with van der Waals surface area (Å²) in [6.45, 7) is 5.94. The Bertz CT molecular complexity index is 130. The van der Waals surface area contributed by atoms with Crippen molar-refractivity contribution in [3.05, 3.63) is 0 Å². The molecule has 0 rings (SSSR count). The van der Waals surface area contributed by atoms with Crippen LogP contribution in [0.4, 0.5) is 0 Å². The Balaban J connectivity index is 3.32. The Morgan fingerprint density at radius 1 is 1.42 bits per heavy atom. The van der Waals surface area contributed by atoms with E-state index in [1.165, 1.54) is 0 Å². The maximum Gasteiger partial charge on any atom is 0.306 e. The van der Waals surface area contributed by atoms with E-state index in [1.54, 1.807) is 6.92 Å². The number of carbonyl (C=O) groups excluding carboxylic acids is 1. The van der Waals surface area contributed by atoms with E-state index in [0.717, 1.165) is 0 Å². The second-order valence-corrected chi connectivity index (χ2v) is 3.46. The number of ether oxygens (including phenoxy) is 1. The highest BCUT2D eigenvalue weighted by atomic mass is 16.5. The number of rotatable bonds is 5. The van der Waals surface area contributed by atoms with E-state index in [2.05, 4.69) is 0 Å². The van der Waals surface area contributed by atoms with Crippen molar-refractivity contribution < 1.29 is 14.6 Å². The molecule has 3 heteroatoms. The van der Waals surface area contributed by atoms with E-state index in [9.17, 15) is 4.79 Å². The molecule has 0 aromatic heterocycles. The highest BCUT2D eigenvalue weighted by Gasteiger charge is 2.05. The van der Waals surface area contributed by atoms with E-state index in [-0.39, 0.29) is 5.97 Å². The van der Waals surface area contributed by atoms with E-state index < -0.39 is 6.10 Å². The highest BCUT2D eigenvalue weighted by Crippen LogP contribution is 2.01. The number of aliphatic hydroxyl groups is 1. The van der Waals surface area contributed by atoms with Gasteiger partial charge in [-0.05, 0) is 12.8 Å².